The van der Waals surface area contributed by atoms with Gasteiger partial charge in [0.25, 0.3) is 5.56 Å². The SMILES string of the molecule is Cc1c(NC(=O)CSc2n[nH]c(C(C)(C)C)n2)c(=O)n(-c2ccccc2)n1C. The van der Waals surface area contributed by atoms with Crippen molar-refractivity contribution in [2.75, 3.05) is 11.1 Å². The van der Waals surface area contributed by atoms with Gasteiger partial charge >= 0.3 is 0 Å². The molecule has 9 heteroatoms. The van der Waals surface area contributed by atoms with Gasteiger partial charge < -0.3 is 5.32 Å². The molecule has 1 aromatic carbocycles. The summed E-state index contributed by atoms with van der Waals surface area (Å²) in [4.78, 5) is 29.6. The van der Waals surface area contributed by atoms with Gasteiger partial charge in [-0.1, -0.05) is 50.7 Å². The van der Waals surface area contributed by atoms with E-state index < -0.39 is 0 Å². The van der Waals surface area contributed by atoms with Crippen molar-refractivity contribution in [1.29, 1.82) is 0 Å². The maximum absolute atomic E-state index is 12.8. The Bertz CT molecular complexity index is 1040. The van der Waals surface area contributed by atoms with Crippen LogP contribution < -0.4 is 10.9 Å². The summed E-state index contributed by atoms with van der Waals surface area (Å²) >= 11 is 1.22. The minimum Gasteiger partial charge on any atom is -0.319 e. The molecular weight excluding hydrogens is 376 g/mol. The molecule has 0 aliphatic carbocycles. The van der Waals surface area contributed by atoms with Crippen molar-refractivity contribution in [2.24, 2.45) is 7.05 Å². The Morgan fingerprint density at radius 3 is 2.54 bits per heavy atom. The lowest BCUT2D eigenvalue weighted by molar-refractivity contribution is -0.113. The maximum atomic E-state index is 12.8. The number of rotatable bonds is 5. The van der Waals surface area contributed by atoms with E-state index in [1.807, 2.05) is 51.1 Å². The molecule has 3 aromatic rings. The maximum Gasteiger partial charge on any atom is 0.295 e. The lowest BCUT2D eigenvalue weighted by Gasteiger charge is -2.12. The van der Waals surface area contributed by atoms with Gasteiger partial charge in [0.2, 0.25) is 11.1 Å². The van der Waals surface area contributed by atoms with Crippen molar-refractivity contribution in [3.05, 3.63) is 52.2 Å². The first-order chi connectivity index (χ1) is 13.2. The number of nitrogens with zero attached hydrogens (tertiary/aromatic N) is 4. The molecule has 0 atom stereocenters. The first-order valence-corrected chi connectivity index (χ1v) is 9.86. The monoisotopic (exact) mass is 400 g/mol. The second-order valence-corrected chi connectivity index (χ2v) is 8.43. The first-order valence-electron chi connectivity index (χ1n) is 8.88. The highest BCUT2D eigenvalue weighted by atomic mass is 32.2. The van der Waals surface area contributed by atoms with E-state index in [1.54, 1.807) is 18.7 Å². The fourth-order valence-electron chi connectivity index (χ4n) is 2.66. The molecule has 2 aromatic heterocycles. The summed E-state index contributed by atoms with van der Waals surface area (Å²) < 4.78 is 3.26. The summed E-state index contributed by atoms with van der Waals surface area (Å²) in [6, 6.07) is 9.30. The Morgan fingerprint density at radius 2 is 1.93 bits per heavy atom. The quantitative estimate of drug-likeness (QED) is 0.642. The van der Waals surface area contributed by atoms with Gasteiger partial charge in [-0.05, 0) is 19.1 Å². The molecule has 0 unspecified atom stereocenters. The highest BCUT2D eigenvalue weighted by molar-refractivity contribution is 7.99. The van der Waals surface area contributed by atoms with E-state index in [4.69, 9.17) is 0 Å². The number of aromatic nitrogens is 5. The Balaban J connectivity index is 1.73. The van der Waals surface area contributed by atoms with Crippen molar-refractivity contribution in [3.63, 3.8) is 0 Å². The van der Waals surface area contributed by atoms with E-state index in [-0.39, 0.29) is 28.3 Å². The molecule has 0 bridgehead atoms. The molecule has 0 saturated carbocycles. The summed E-state index contributed by atoms with van der Waals surface area (Å²) in [5, 5.41) is 10.3. The molecule has 148 valence electrons. The van der Waals surface area contributed by atoms with Crippen LogP contribution in [0.5, 0.6) is 0 Å². The average Bonchev–Trinajstić information content (AvgIpc) is 3.21. The van der Waals surface area contributed by atoms with Crippen molar-refractivity contribution in [3.8, 4) is 5.69 Å². The lowest BCUT2D eigenvalue weighted by Crippen LogP contribution is -2.23. The van der Waals surface area contributed by atoms with Gasteiger partial charge in [-0.25, -0.2) is 9.67 Å². The van der Waals surface area contributed by atoms with Crippen molar-refractivity contribution >= 4 is 23.4 Å². The predicted molar refractivity (Wildman–Crippen MR) is 110 cm³/mol. The molecule has 2 N–H and O–H groups in total. The minimum atomic E-state index is -0.280. The van der Waals surface area contributed by atoms with Crippen molar-refractivity contribution in [1.82, 2.24) is 24.5 Å². The second kappa shape index (κ2) is 7.67. The number of carbonyl (C=O) groups excluding carboxylic acids is 1. The highest BCUT2D eigenvalue weighted by Crippen LogP contribution is 2.21. The van der Waals surface area contributed by atoms with Crippen LogP contribution in [0.2, 0.25) is 0 Å². The van der Waals surface area contributed by atoms with E-state index in [0.29, 0.717) is 10.9 Å². The number of carbonyl (C=O) groups is 1. The molecule has 0 radical (unpaired) electrons. The van der Waals surface area contributed by atoms with Gasteiger partial charge in [-0.2, -0.15) is 0 Å². The van der Waals surface area contributed by atoms with E-state index in [1.165, 1.54) is 16.4 Å². The van der Waals surface area contributed by atoms with Crippen LogP contribution >= 0.6 is 11.8 Å². The number of amides is 1. The fourth-order valence-corrected chi connectivity index (χ4v) is 3.26. The molecule has 8 nitrogen and oxygen atoms in total. The third-order valence-electron chi connectivity index (χ3n) is 4.33. The number of nitrogens with one attached hydrogen (secondary N) is 2. The van der Waals surface area contributed by atoms with Crippen LogP contribution in [-0.4, -0.2) is 36.2 Å². The van der Waals surface area contributed by atoms with Crippen molar-refractivity contribution in [2.45, 2.75) is 38.3 Å². The summed E-state index contributed by atoms with van der Waals surface area (Å²) in [5.41, 5.74) is 1.29. The molecule has 0 aliphatic heterocycles. The van der Waals surface area contributed by atoms with E-state index in [9.17, 15) is 9.59 Å². The zero-order valence-electron chi connectivity index (χ0n) is 16.6. The topological polar surface area (TPSA) is 97.6 Å². The Morgan fingerprint density at radius 1 is 1.25 bits per heavy atom. The van der Waals surface area contributed by atoms with Gasteiger partial charge in [0.15, 0.2) is 0 Å². The zero-order chi connectivity index (χ0) is 20.5. The van der Waals surface area contributed by atoms with Crippen LogP contribution in [0.4, 0.5) is 5.69 Å². The minimum absolute atomic E-state index is 0.112. The van der Waals surface area contributed by atoms with Crippen LogP contribution in [0.15, 0.2) is 40.3 Å². The van der Waals surface area contributed by atoms with Gasteiger partial charge in [-0.15, -0.1) is 5.10 Å². The van der Waals surface area contributed by atoms with Crippen LogP contribution in [0, 0.1) is 6.92 Å². The van der Waals surface area contributed by atoms with Crippen LogP contribution in [-0.2, 0) is 17.3 Å². The predicted octanol–water partition coefficient (Wildman–Crippen LogP) is 2.63. The number of H-pyrrole nitrogens is 1. The Kier molecular flexibility index (Phi) is 5.46. The molecule has 3 rings (SSSR count). The molecule has 0 spiro atoms. The molecule has 0 fully saturated rings. The molecule has 28 heavy (non-hydrogen) atoms. The van der Waals surface area contributed by atoms with Crippen LogP contribution in [0.25, 0.3) is 5.69 Å². The fraction of sp³-hybridized carbons (Fsp3) is 0.368. The number of hydrogen-bond donors (Lipinski definition) is 2. The third kappa shape index (κ3) is 4.04. The summed E-state index contributed by atoms with van der Waals surface area (Å²) in [6.45, 7) is 7.90. The summed E-state index contributed by atoms with van der Waals surface area (Å²) in [6.07, 6.45) is 0. The smallest absolute Gasteiger partial charge is 0.295 e. The highest BCUT2D eigenvalue weighted by Gasteiger charge is 2.20. The second-order valence-electron chi connectivity index (χ2n) is 7.49. The molecule has 2 heterocycles. The Hall–Kier alpha value is -2.81. The number of hydrogen-bond acceptors (Lipinski definition) is 5. The largest absolute Gasteiger partial charge is 0.319 e. The number of para-hydroxylation sites is 1. The summed E-state index contributed by atoms with van der Waals surface area (Å²) in [7, 11) is 1.79. The number of aromatic amines is 1. The van der Waals surface area contributed by atoms with E-state index in [0.717, 1.165) is 11.5 Å². The Labute approximate surface area is 167 Å². The van der Waals surface area contributed by atoms with Crippen molar-refractivity contribution < 1.29 is 4.79 Å². The third-order valence-corrected chi connectivity index (χ3v) is 5.17. The van der Waals surface area contributed by atoms with Crippen LogP contribution in [0.1, 0.15) is 32.3 Å². The van der Waals surface area contributed by atoms with Gasteiger partial charge in [0.1, 0.15) is 11.5 Å². The summed E-state index contributed by atoms with van der Waals surface area (Å²) in [5.74, 6) is 0.596. The van der Waals surface area contributed by atoms with E-state index in [2.05, 4.69) is 20.5 Å². The van der Waals surface area contributed by atoms with E-state index >= 15 is 0 Å². The standard InChI is InChI=1S/C19H24N6O2S/c1-12-15(16(27)25(24(12)5)13-9-7-6-8-10-13)20-14(26)11-28-18-21-17(22-23-18)19(2,3)4/h6-10H,11H2,1-5H3,(H,20,26)(H,21,22,23). The number of thioether (sulfide) groups is 1. The average molecular weight is 401 g/mol. The van der Waals surface area contributed by atoms with Gasteiger partial charge in [0, 0.05) is 12.5 Å². The molecule has 0 saturated heterocycles. The number of benzene rings is 1. The number of anilines is 1. The molecule has 1 amide bonds. The normalized spacial score (nSPS) is 11.6. The molecule has 0 aliphatic rings. The lowest BCUT2D eigenvalue weighted by atomic mass is 9.96. The zero-order valence-corrected chi connectivity index (χ0v) is 17.4. The molecular formula is C19H24N6O2S. The van der Waals surface area contributed by atoms with Crippen LogP contribution in [0.3, 0.4) is 0 Å². The first kappa shape index (κ1) is 19.9. The van der Waals surface area contributed by atoms with Gasteiger partial charge in [0.05, 0.1) is 17.1 Å². The van der Waals surface area contributed by atoms with Gasteiger partial charge in [-0.3, -0.25) is 19.4 Å².